The second-order valence-corrected chi connectivity index (χ2v) is 22.4. The topological polar surface area (TPSA) is 28.2 Å². The summed E-state index contributed by atoms with van der Waals surface area (Å²) in [4.78, 5) is 11.4. The molecule has 0 aromatic rings. The first kappa shape index (κ1) is 54.3. The zero-order chi connectivity index (χ0) is 24.2. The summed E-state index contributed by atoms with van der Waals surface area (Å²) >= 11 is 0. The van der Waals surface area contributed by atoms with Gasteiger partial charge in [-0.3, -0.25) is 0 Å². The standard InChI is InChI=1S/C28H56N2Si2.6CH3.2Ti/c1-17-18(2)22(6)27(21(17)5)31(9,10)29-25-13-15-26(16-14-25)30-32(11,12)28-23(7)19(3)20(4)24(28)8;;;;;;;;/h17-28H,13-16H2,1-12H3;6*1H3;;/q-2;6*-1;2*+4/t17-,18+,19-,20+,21-,22-,23-,24-,25?,26?,27?,28?;;;;;;;;/m1......../s1. The summed E-state index contributed by atoms with van der Waals surface area (Å²) in [6.07, 6.45) is 5.16. The summed E-state index contributed by atoms with van der Waals surface area (Å²) in [6.45, 7) is 30.3. The maximum absolute atomic E-state index is 5.68. The van der Waals surface area contributed by atoms with Crippen LogP contribution in [-0.4, -0.2) is 28.6 Å². The molecule has 3 rings (SSSR count). The molecule has 40 heavy (non-hydrogen) atoms. The van der Waals surface area contributed by atoms with Crippen LogP contribution >= 0.6 is 0 Å². The van der Waals surface area contributed by atoms with Crippen molar-refractivity contribution in [3.8, 4) is 0 Å². The van der Waals surface area contributed by atoms with E-state index in [0.717, 1.165) is 58.4 Å². The summed E-state index contributed by atoms with van der Waals surface area (Å²) in [5, 5.41) is 0. The van der Waals surface area contributed by atoms with Gasteiger partial charge in [-0.05, 0) is 47.3 Å². The fourth-order valence-corrected chi connectivity index (χ4v) is 18.3. The van der Waals surface area contributed by atoms with Gasteiger partial charge in [0.1, 0.15) is 0 Å². The minimum absolute atomic E-state index is 0. The third-order valence-corrected chi connectivity index (χ3v) is 19.0. The Morgan fingerprint density at radius 1 is 0.375 bits per heavy atom. The molecule has 3 saturated carbocycles. The Bertz CT molecular complexity index is 557. The zero-order valence-corrected chi connectivity index (χ0v) is 35.8. The van der Waals surface area contributed by atoms with Gasteiger partial charge in [-0.15, -0.1) is 12.1 Å². The predicted octanol–water partition coefficient (Wildman–Crippen LogP) is 12.0. The SMILES string of the molecule is C[C@@H]1[C@H](C)[C@@H](C)C([Si](C)(C)[N-]C2CCC([N-][Si](C)(C)C3[C@H](C)[C@H](C)[C@H](C)[C@H]3C)CC2)[C@@H]1C.[CH3-].[CH3-].[CH3-].[CH3-].[CH3-].[CH3-].[Ti+4].[Ti+4]. The van der Waals surface area contributed by atoms with Crippen LogP contribution in [0.1, 0.15) is 81.1 Å². The van der Waals surface area contributed by atoms with Crippen molar-refractivity contribution in [3.05, 3.63) is 54.5 Å². The van der Waals surface area contributed by atoms with Crippen molar-refractivity contribution in [1.29, 1.82) is 0 Å². The van der Waals surface area contributed by atoms with Crippen LogP contribution in [0.25, 0.3) is 9.96 Å². The molecular weight excluding hydrogens is 588 g/mol. The van der Waals surface area contributed by atoms with Crippen molar-refractivity contribution < 1.29 is 43.4 Å². The first-order valence-electron chi connectivity index (χ1n) is 14.1. The largest absolute Gasteiger partial charge is 4.00 e. The van der Waals surface area contributed by atoms with Crippen LogP contribution in [0.3, 0.4) is 0 Å². The Labute approximate surface area is 290 Å². The zero-order valence-electron chi connectivity index (χ0n) is 30.7. The van der Waals surface area contributed by atoms with Crippen LogP contribution < -0.4 is 0 Å². The molecule has 2 unspecified atom stereocenters. The molecule has 0 aromatic carbocycles. The molecule has 0 aliphatic heterocycles. The van der Waals surface area contributed by atoms with Crippen LogP contribution in [0.2, 0.25) is 37.3 Å². The summed E-state index contributed by atoms with van der Waals surface area (Å²) in [5.74, 6) is 6.75. The van der Waals surface area contributed by atoms with E-state index >= 15 is 0 Å². The summed E-state index contributed by atoms with van der Waals surface area (Å²) in [5.41, 5.74) is 1.71. The van der Waals surface area contributed by atoms with Crippen LogP contribution in [-0.2, 0) is 43.4 Å². The third kappa shape index (κ3) is 11.0. The number of hydrogen-bond acceptors (Lipinski definition) is 0. The monoisotopic (exact) mass is 662 g/mol. The molecule has 0 N–H and O–H groups in total. The van der Waals surface area contributed by atoms with Gasteiger partial charge in [-0.1, -0.05) is 135 Å². The molecule has 0 spiro atoms. The van der Waals surface area contributed by atoms with Crippen molar-refractivity contribution in [2.45, 2.75) is 130 Å². The average molecular weight is 663 g/mol. The van der Waals surface area contributed by atoms with Crippen molar-refractivity contribution >= 4 is 16.5 Å². The number of rotatable bonds is 6. The molecule has 10 atom stereocenters. The quantitative estimate of drug-likeness (QED) is 0.200. The maximum atomic E-state index is 5.68. The van der Waals surface area contributed by atoms with Crippen LogP contribution in [0.15, 0.2) is 0 Å². The van der Waals surface area contributed by atoms with E-state index in [1.165, 1.54) is 25.7 Å². The van der Waals surface area contributed by atoms with Gasteiger partial charge in [0.15, 0.2) is 0 Å². The molecule has 0 heterocycles. The number of nitrogens with zero attached hydrogens (tertiary/aromatic N) is 2. The second-order valence-electron chi connectivity index (χ2n) is 14.0. The Kier molecular flexibility index (Phi) is 28.1. The fraction of sp³-hybridized carbons (Fsp3) is 0.824. The van der Waals surface area contributed by atoms with Crippen LogP contribution in [0, 0.1) is 91.9 Å². The smallest absolute Gasteiger partial charge is 0.662 e. The van der Waals surface area contributed by atoms with Gasteiger partial charge in [0, 0.05) is 0 Å². The van der Waals surface area contributed by atoms with E-state index in [0.29, 0.717) is 12.1 Å². The van der Waals surface area contributed by atoms with Gasteiger partial charge in [-0.25, -0.2) is 0 Å². The number of hydrogen-bond donors (Lipinski definition) is 0. The van der Waals surface area contributed by atoms with E-state index in [1.54, 1.807) is 0 Å². The van der Waals surface area contributed by atoms with E-state index in [9.17, 15) is 0 Å². The first-order chi connectivity index (χ1) is 14.7. The van der Waals surface area contributed by atoms with Gasteiger partial charge >= 0.3 is 43.4 Å². The second kappa shape index (κ2) is 20.7. The van der Waals surface area contributed by atoms with Crippen molar-refractivity contribution in [2.75, 3.05) is 0 Å². The molecule has 0 saturated heterocycles. The van der Waals surface area contributed by atoms with E-state index in [2.05, 4.69) is 81.6 Å². The van der Waals surface area contributed by atoms with E-state index in [-0.39, 0.29) is 88.0 Å². The van der Waals surface area contributed by atoms with Crippen molar-refractivity contribution in [2.24, 2.45) is 47.3 Å². The van der Waals surface area contributed by atoms with Crippen LogP contribution in [0.5, 0.6) is 0 Å². The molecule has 0 radical (unpaired) electrons. The molecule has 0 amide bonds. The van der Waals surface area contributed by atoms with Crippen molar-refractivity contribution in [3.63, 3.8) is 0 Å². The van der Waals surface area contributed by atoms with Gasteiger partial charge < -0.3 is 54.5 Å². The average Bonchev–Trinajstić information content (AvgIpc) is 3.02. The van der Waals surface area contributed by atoms with E-state index in [1.807, 2.05) is 0 Å². The molecule has 2 nitrogen and oxygen atoms in total. The Balaban J connectivity index is -0.000000361. The maximum Gasteiger partial charge on any atom is 4.00 e. The Morgan fingerprint density at radius 3 is 0.725 bits per heavy atom. The third-order valence-electron chi connectivity index (χ3n) is 11.6. The minimum Gasteiger partial charge on any atom is -0.662 e. The van der Waals surface area contributed by atoms with Gasteiger partial charge in [-0.2, -0.15) is 0 Å². The summed E-state index contributed by atoms with van der Waals surface area (Å²) in [6, 6.07) is 1.23. The molecule has 3 aliphatic rings. The Hall–Kier alpha value is 1.78. The molecule has 0 aromatic heterocycles. The molecule has 3 fully saturated rings. The predicted molar refractivity (Wildman–Crippen MR) is 187 cm³/mol. The molecule has 0 bridgehead atoms. The van der Waals surface area contributed by atoms with Gasteiger partial charge in [0.25, 0.3) is 0 Å². The van der Waals surface area contributed by atoms with Gasteiger partial charge in [0.05, 0.1) is 0 Å². The summed E-state index contributed by atoms with van der Waals surface area (Å²) in [7, 11) is -3.18. The minimum atomic E-state index is -1.59. The molecule has 6 heteroatoms. The van der Waals surface area contributed by atoms with Crippen molar-refractivity contribution in [1.82, 2.24) is 0 Å². The van der Waals surface area contributed by atoms with E-state index in [4.69, 9.17) is 9.96 Å². The van der Waals surface area contributed by atoms with Gasteiger partial charge in [0.2, 0.25) is 0 Å². The van der Waals surface area contributed by atoms with Crippen LogP contribution in [0.4, 0.5) is 0 Å². The molecule has 236 valence electrons. The normalized spacial score (nSPS) is 36.0. The Morgan fingerprint density at radius 2 is 0.550 bits per heavy atom. The fourth-order valence-electron chi connectivity index (χ4n) is 9.18. The molecule has 3 aliphatic carbocycles. The molecular formula is C34H74N2Si2Ti2. The van der Waals surface area contributed by atoms with E-state index < -0.39 is 16.5 Å². The first-order valence-corrected chi connectivity index (χ1v) is 20.2. The summed E-state index contributed by atoms with van der Waals surface area (Å²) < 4.78 is 0.